The van der Waals surface area contributed by atoms with Crippen LogP contribution in [-0.2, 0) is 6.54 Å². The summed E-state index contributed by atoms with van der Waals surface area (Å²) in [5.41, 5.74) is 4.58. The van der Waals surface area contributed by atoms with Crippen LogP contribution in [0, 0.1) is 5.82 Å². The number of likely N-dealkylation sites (tertiary alicyclic amines) is 1. The number of ether oxygens (including phenoxy) is 1. The fourth-order valence-corrected chi connectivity index (χ4v) is 6.01. The van der Waals surface area contributed by atoms with Crippen molar-refractivity contribution in [2.45, 2.75) is 56.9 Å². The third-order valence-corrected chi connectivity index (χ3v) is 8.04. The number of nitrogens with one attached hydrogen (secondary N) is 1. The van der Waals surface area contributed by atoms with Crippen molar-refractivity contribution in [2.75, 3.05) is 25.5 Å². The zero-order valence-corrected chi connectivity index (χ0v) is 21.1. The van der Waals surface area contributed by atoms with Gasteiger partial charge in [0, 0.05) is 30.9 Å². The molecule has 204 valence electrons. The van der Waals surface area contributed by atoms with E-state index in [1.165, 1.54) is 24.1 Å². The zero-order valence-electron chi connectivity index (χ0n) is 21.1. The van der Waals surface area contributed by atoms with Gasteiger partial charge in [-0.2, -0.15) is 4.98 Å². The molecule has 1 fully saturated rings. The van der Waals surface area contributed by atoms with Gasteiger partial charge in [-0.1, -0.05) is 16.4 Å². The molecule has 1 aromatic carbocycles. The maximum Gasteiger partial charge on any atom is 0.258 e. The molecule has 7 rings (SSSR count). The number of aromatic nitrogens is 6. The SMILES string of the molecule is COc1nc(N[C@H]2CCN(C3CC4=C(C4)C3)C[C@@H]2F)nn2ccc(-c3cc(F)c4nnn(CC(F)F)c4c3)c12. The summed E-state index contributed by atoms with van der Waals surface area (Å²) in [5, 5.41) is 15.0. The van der Waals surface area contributed by atoms with Crippen molar-refractivity contribution in [1.29, 1.82) is 0 Å². The number of rotatable bonds is 7. The molecule has 2 atom stereocenters. The first-order chi connectivity index (χ1) is 18.9. The van der Waals surface area contributed by atoms with Gasteiger partial charge in [0.05, 0.1) is 18.7 Å². The molecular weight excluding hydrogens is 516 g/mol. The van der Waals surface area contributed by atoms with E-state index in [4.69, 9.17) is 4.74 Å². The molecule has 1 aliphatic heterocycles. The molecule has 0 spiro atoms. The van der Waals surface area contributed by atoms with Gasteiger partial charge in [0.15, 0.2) is 5.82 Å². The van der Waals surface area contributed by atoms with Crippen molar-refractivity contribution in [1.82, 2.24) is 34.5 Å². The van der Waals surface area contributed by atoms with Crippen molar-refractivity contribution in [3.63, 3.8) is 0 Å². The van der Waals surface area contributed by atoms with Gasteiger partial charge in [-0.15, -0.1) is 10.2 Å². The van der Waals surface area contributed by atoms with Gasteiger partial charge >= 0.3 is 0 Å². The summed E-state index contributed by atoms with van der Waals surface area (Å²) in [7, 11) is 1.45. The number of piperidine rings is 1. The van der Waals surface area contributed by atoms with Crippen LogP contribution in [0.2, 0.25) is 0 Å². The number of anilines is 1. The van der Waals surface area contributed by atoms with Crippen LogP contribution in [-0.4, -0.2) is 79.4 Å². The second-order valence-electron chi connectivity index (χ2n) is 10.5. The molecule has 0 unspecified atom stereocenters. The third-order valence-electron chi connectivity index (χ3n) is 8.04. The first-order valence-corrected chi connectivity index (χ1v) is 13.0. The second kappa shape index (κ2) is 9.18. The number of fused-ring (bicyclic) bond motifs is 2. The molecule has 0 bridgehead atoms. The van der Waals surface area contributed by atoms with Crippen LogP contribution in [0.4, 0.5) is 23.5 Å². The molecule has 9 nitrogen and oxygen atoms in total. The Morgan fingerprint density at radius 2 is 2.03 bits per heavy atom. The Morgan fingerprint density at radius 3 is 2.77 bits per heavy atom. The van der Waals surface area contributed by atoms with Crippen LogP contribution in [0.5, 0.6) is 5.88 Å². The highest BCUT2D eigenvalue weighted by atomic mass is 19.3. The van der Waals surface area contributed by atoms with Gasteiger partial charge < -0.3 is 10.1 Å². The molecule has 0 saturated carbocycles. The van der Waals surface area contributed by atoms with Gasteiger partial charge in [-0.3, -0.25) is 4.90 Å². The first-order valence-electron chi connectivity index (χ1n) is 13.0. The summed E-state index contributed by atoms with van der Waals surface area (Å²) in [6, 6.07) is 4.51. The predicted molar refractivity (Wildman–Crippen MR) is 135 cm³/mol. The van der Waals surface area contributed by atoms with Crippen molar-refractivity contribution in [3.05, 3.63) is 41.4 Å². The summed E-state index contributed by atoms with van der Waals surface area (Å²) in [6.07, 6.45) is 1.89. The lowest BCUT2D eigenvalue weighted by atomic mass is 9.98. The van der Waals surface area contributed by atoms with Gasteiger partial charge in [-0.25, -0.2) is 26.8 Å². The van der Waals surface area contributed by atoms with E-state index in [9.17, 15) is 13.2 Å². The summed E-state index contributed by atoms with van der Waals surface area (Å²) < 4.78 is 64.1. The van der Waals surface area contributed by atoms with E-state index in [1.54, 1.807) is 29.5 Å². The molecule has 1 N–H and O–H groups in total. The summed E-state index contributed by atoms with van der Waals surface area (Å²) in [5.74, 6) is -0.261. The van der Waals surface area contributed by atoms with Crippen molar-refractivity contribution >= 4 is 22.5 Å². The van der Waals surface area contributed by atoms with Gasteiger partial charge in [0.1, 0.15) is 23.7 Å². The van der Waals surface area contributed by atoms with E-state index in [0.717, 1.165) is 24.1 Å². The van der Waals surface area contributed by atoms with E-state index in [0.29, 0.717) is 35.7 Å². The minimum absolute atomic E-state index is 0.0910. The molecule has 1 saturated heterocycles. The molecule has 3 aliphatic rings. The number of halogens is 4. The second-order valence-corrected chi connectivity index (χ2v) is 10.5. The van der Waals surface area contributed by atoms with Crippen molar-refractivity contribution < 1.29 is 22.3 Å². The Balaban J connectivity index is 1.15. The number of nitrogens with zero attached hydrogens (tertiary/aromatic N) is 7. The smallest absolute Gasteiger partial charge is 0.258 e. The molecule has 3 aromatic heterocycles. The summed E-state index contributed by atoms with van der Waals surface area (Å²) in [4.78, 5) is 6.74. The fourth-order valence-electron chi connectivity index (χ4n) is 6.01. The van der Waals surface area contributed by atoms with Crippen LogP contribution < -0.4 is 10.1 Å². The predicted octanol–water partition coefficient (Wildman–Crippen LogP) is 4.24. The normalized spacial score (nSPS) is 21.9. The maximum atomic E-state index is 15.2. The van der Waals surface area contributed by atoms with Crippen LogP contribution in [0.3, 0.4) is 0 Å². The Morgan fingerprint density at radius 1 is 1.21 bits per heavy atom. The van der Waals surface area contributed by atoms with Crippen molar-refractivity contribution in [2.24, 2.45) is 0 Å². The molecule has 4 heterocycles. The number of methoxy groups -OCH3 is 1. The number of benzene rings is 1. The van der Waals surface area contributed by atoms with E-state index in [1.807, 2.05) is 0 Å². The van der Waals surface area contributed by atoms with Crippen LogP contribution >= 0.6 is 0 Å². The molecule has 13 heteroatoms. The molecule has 39 heavy (non-hydrogen) atoms. The Labute approximate surface area is 220 Å². The third kappa shape index (κ3) is 4.28. The average Bonchev–Trinajstić information content (AvgIpc) is 3.25. The van der Waals surface area contributed by atoms with Gasteiger partial charge in [0.2, 0.25) is 11.8 Å². The Kier molecular flexibility index (Phi) is 5.72. The van der Waals surface area contributed by atoms with Gasteiger partial charge in [0.25, 0.3) is 6.43 Å². The van der Waals surface area contributed by atoms with E-state index >= 15 is 4.39 Å². The summed E-state index contributed by atoms with van der Waals surface area (Å²) >= 11 is 0. The largest absolute Gasteiger partial charge is 0.479 e. The average molecular weight is 543 g/mol. The van der Waals surface area contributed by atoms with Crippen LogP contribution in [0.15, 0.2) is 35.5 Å². The lowest BCUT2D eigenvalue weighted by molar-refractivity contribution is 0.0905. The first kappa shape index (κ1) is 24.3. The Bertz CT molecular complexity index is 1600. The lowest BCUT2D eigenvalue weighted by Crippen LogP contribution is -2.51. The topological polar surface area (TPSA) is 85.4 Å². The maximum absolute atomic E-state index is 15.2. The Hall–Kier alpha value is -3.74. The molecule has 2 aliphatic carbocycles. The van der Waals surface area contributed by atoms with Gasteiger partial charge in [-0.05, 0) is 49.4 Å². The molecule has 0 radical (unpaired) electrons. The number of alkyl halides is 3. The molecule has 4 aromatic rings. The number of hydrogen-bond donors (Lipinski definition) is 1. The highest BCUT2D eigenvalue weighted by Gasteiger charge is 2.40. The monoisotopic (exact) mass is 542 g/mol. The fraction of sp³-hybridized carbons (Fsp3) is 0.462. The molecular formula is C26H26F4N8O. The highest BCUT2D eigenvalue weighted by molar-refractivity contribution is 5.89. The number of hydrogen-bond acceptors (Lipinski definition) is 7. The van der Waals surface area contributed by atoms with Crippen LogP contribution in [0.25, 0.3) is 27.7 Å². The van der Waals surface area contributed by atoms with Crippen LogP contribution in [0.1, 0.15) is 25.7 Å². The summed E-state index contributed by atoms with van der Waals surface area (Å²) in [6.45, 7) is 0.480. The van der Waals surface area contributed by atoms with E-state index in [-0.39, 0.29) is 22.9 Å². The highest BCUT2D eigenvalue weighted by Crippen LogP contribution is 2.47. The van der Waals surface area contributed by atoms with Crippen molar-refractivity contribution in [3.8, 4) is 17.0 Å². The van der Waals surface area contributed by atoms with E-state index in [2.05, 4.69) is 30.6 Å². The molecule has 0 amide bonds. The lowest BCUT2D eigenvalue weighted by Gasteiger charge is -2.39. The standard InChI is InChI=1S/C26H26F4N8O/c1-39-25-24-17(15-9-18(27)23-21(10-15)38(35-33-23)12-22(29)30)2-5-37(24)34-26(32-25)31-20-3-4-36(11-19(20)28)16-7-13-6-14(13)8-16/h2,5,9-10,16,19-20,22H,3-4,6-8,11-12H2,1H3,(H,31,34)/t19-,20-/m0/s1. The zero-order chi connectivity index (χ0) is 26.8. The quantitative estimate of drug-likeness (QED) is 0.276. The van der Waals surface area contributed by atoms with E-state index < -0.39 is 31.0 Å². The minimum atomic E-state index is -2.67. The minimum Gasteiger partial charge on any atom is -0.479 e.